The molecule has 1 nitrogen and oxygen atoms in total. The van der Waals surface area contributed by atoms with E-state index in [4.69, 9.17) is 0 Å². The van der Waals surface area contributed by atoms with Gasteiger partial charge in [0.05, 0.1) is 0 Å². The van der Waals surface area contributed by atoms with Gasteiger partial charge in [0.2, 0.25) is 0 Å². The molecule has 2 rings (SSSR count). The Labute approximate surface area is 115 Å². The molecule has 0 heterocycles. The van der Waals surface area contributed by atoms with Crippen LogP contribution in [0.1, 0.15) is 37.8 Å². The predicted octanol–water partition coefficient (Wildman–Crippen LogP) is 5.22. The van der Waals surface area contributed by atoms with Gasteiger partial charge in [-0.1, -0.05) is 62.4 Å². The van der Waals surface area contributed by atoms with Gasteiger partial charge in [-0.2, -0.15) is 0 Å². The Kier molecular flexibility index (Phi) is 3.75. The molecule has 2 aromatic rings. The van der Waals surface area contributed by atoms with Crippen LogP contribution in [-0.4, -0.2) is 5.11 Å². The van der Waals surface area contributed by atoms with Gasteiger partial charge in [-0.15, -0.1) is 0 Å². The van der Waals surface area contributed by atoms with Crippen molar-refractivity contribution >= 4 is 5.57 Å². The molecular weight excluding hydrogens is 232 g/mol. The first-order chi connectivity index (χ1) is 9.00. The number of phenolic OH excluding ortho intramolecular Hbond substituents is 1. The Hall–Kier alpha value is -2.02. The summed E-state index contributed by atoms with van der Waals surface area (Å²) < 4.78 is 0. The van der Waals surface area contributed by atoms with Gasteiger partial charge in [0, 0.05) is 5.56 Å². The number of hydrogen-bond acceptors (Lipinski definition) is 1. The Morgan fingerprint density at radius 2 is 1.68 bits per heavy atom. The predicted molar refractivity (Wildman–Crippen MR) is 82.3 cm³/mol. The van der Waals surface area contributed by atoms with Crippen LogP contribution in [0, 0.1) is 0 Å². The number of phenols is 1. The number of benzene rings is 2. The highest BCUT2D eigenvalue weighted by molar-refractivity contribution is 5.73. The molecule has 0 unspecified atom stereocenters. The monoisotopic (exact) mass is 252 g/mol. The maximum absolute atomic E-state index is 10.1. The molecule has 0 fully saturated rings. The minimum absolute atomic E-state index is 0.289. The third-order valence-electron chi connectivity index (χ3n) is 3.35. The third kappa shape index (κ3) is 2.70. The summed E-state index contributed by atoms with van der Waals surface area (Å²) in [5.74, 6) is 0.661. The Morgan fingerprint density at radius 1 is 1.05 bits per heavy atom. The first-order valence-electron chi connectivity index (χ1n) is 6.59. The zero-order valence-corrected chi connectivity index (χ0v) is 11.8. The van der Waals surface area contributed by atoms with Crippen LogP contribution in [0.15, 0.2) is 49.0 Å². The molecule has 2 aromatic carbocycles. The second-order valence-electron chi connectivity index (χ2n) is 5.25. The minimum Gasteiger partial charge on any atom is -0.508 e. The average molecular weight is 252 g/mol. The number of aromatic hydroxyl groups is 1. The van der Waals surface area contributed by atoms with E-state index >= 15 is 0 Å². The standard InChI is InChI=1S/C18H20O/c1-12(2)14-8-10-15(11-9-14)16-6-5-7-17(19)18(16)13(3)4/h5-11,13,19H,1H2,2-4H3. The molecule has 0 radical (unpaired) electrons. The maximum atomic E-state index is 10.1. The van der Waals surface area contributed by atoms with Crippen LogP contribution in [0.5, 0.6) is 5.75 Å². The van der Waals surface area contributed by atoms with Crippen molar-refractivity contribution in [3.8, 4) is 16.9 Å². The lowest BCUT2D eigenvalue weighted by molar-refractivity contribution is 0.465. The van der Waals surface area contributed by atoms with Gasteiger partial charge in [-0.3, -0.25) is 0 Å². The first-order valence-corrected chi connectivity index (χ1v) is 6.59. The second kappa shape index (κ2) is 5.31. The highest BCUT2D eigenvalue weighted by atomic mass is 16.3. The van der Waals surface area contributed by atoms with E-state index in [0.29, 0.717) is 5.75 Å². The SMILES string of the molecule is C=C(C)c1ccc(-c2cccc(O)c2C(C)C)cc1. The molecule has 0 bridgehead atoms. The maximum Gasteiger partial charge on any atom is 0.119 e. The molecule has 0 spiro atoms. The van der Waals surface area contributed by atoms with E-state index in [1.807, 2.05) is 13.0 Å². The molecule has 0 saturated carbocycles. The van der Waals surface area contributed by atoms with Gasteiger partial charge < -0.3 is 5.11 Å². The van der Waals surface area contributed by atoms with E-state index in [-0.39, 0.29) is 5.92 Å². The molecule has 0 atom stereocenters. The molecular formula is C18H20O. The van der Waals surface area contributed by atoms with Crippen molar-refractivity contribution in [2.45, 2.75) is 26.7 Å². The van der Waals surface area contributed by atoms with Crippen molar-refractivity contribution in [3.05, 3.63) is 60.2 Å². The molecule has 1 N–H and O–H groups in total. The summed E-state index contributed by atoms with van der Waals surface area (Å²) in [6.45, 7) is 10.1. The molecule has 0 amide bonds. The fraction of sp³-hybridized carbons (Fsp3) is 0.222. The smallest absolute Gasteiger partial charge is 0.119 e. The fourth-order valence-electron chi connectivity index (χ4n) is 2.35. The Balaban J connectivity index is 2.53. The molecule has 1 heteroatoms. The molecule has 0 aliphatic rings. The van der Waals surface area contributed by atoms with Crippen LogP contribution in [0.4, 0.5) is 0 Å². The summed E-state index contributed by atoms with van der Waals surface area (Å²) in [6.07, 6.45) is 0. The topological polar surface area (TPSA) is 20.2 Å². The van der Waals surface area contributed by atoms with Gasteiger partial charge in [0.1, 0.15) is 5.75 Å². The summed E-state index contributed by atoms with van der Waals surface area (Å²) in [5.41, 5.74) is 5.44. The van der Waals surface area contributed by atoms with Crippen molar-refractivity contribution in [1.29, 1.82) is 0 Å². The zero-order valence-electron chi connectivity index (χ0n) is 11.8. The lowest BCUT2D eigenvalue weighted by Gasteiger charge is -2.15. The highest BCUT2D eigenvalue weighted by Crippen LogP contribution is 2.35. The van der Waals surface area contributed by atoms with Crippen molar-refractivity contribution < 1.29 is 5.11 Å². The zero-order chi connectivity index (χ0) is 14.0. The van der Waals surface area contributed by atoms with E-state index < -0.39 is 0 Å². The molecule has 0 aromatic heterocycles. The van der Waals surface area contributed by atoms with E-state index in [1.165, 1.54) is 0 Å². The normalized spacial score (nSPS) is 10.7. The number of rotatable bonds is 3. The minimum atomic E-state index is 0.289. The van der Waals surface area contributed by atoms with Crippen molar-refractivity contribution in [1.82, 2.24) is 0 Å². The van der Waals surface area contributed by atoms with Crippen LogP contribution in [0.2, 0.25) is 0 Å². The highest BCUT2D eigenvalue weighted by Gasteiger charge is 2.12. The molecule has 98 valence electrons. The Bertz CT molecular complexity index is 592. The van der Waals surface area contributed by atoms with Gasteiger partial charge in [-0.25, -0.2) is 0 Å². The molecule has 19 heavy (non-hydrogen) atoms. The largest absolute Gasteiger partial charge is 0.508 e. The van der Waals surface area contributed by atoms with E-state index in [2.05, 4.69) is 50.8 Å². The summed E-state index contributed by atoms with van der Waals surface area (Å²) >= 11 is 0. The summed E-state index contributed by atoms with van der Waals surface area (Å²) in [4.78, 5) is 0. The van der Waals surface area contributed by atoms with Gasteiger partial charge >= 0.3 is 0 Å². The molecule has 0 aliphatic heterocycles. The number of hydrogen-bond donors (Lipinski definition) is 1. The van der Waals surface area contributed by atoms with Gasteiger partial charge in [0.25, 0.3) is 0 Å². The average Bonchev–Trinajstić information content (AvgIpc) is 2.38. The lowest BCUT2D eigenvalue weighted by Crippen LogP contribution is -1.93. The van der Waals surface area contributed by atoms with Crippen LogP contribution in [0.25, 0.3) is 16.7 Å². The quantitative estimate of drug-likeness (QED) is 0.794. The van der Waals surface area contributed by atoms with E-state index in [1.54, 1.807) is 6.07 Å². The molecule has 0 aliphatic carbocycles. The Morgan fingerprint density at radius 3 is 2.21 bits per heavy atom. The fourth-order valence-corrected chi connectivity index (χ4v) is 2.35. The lowest BCUT2D eigenvalue weighted by atomic mass is 9.91. The van der Waals surface area contributed by atoms with Crippen LogP contribution >= 0.6 is 0 Å². The van der Waals surface area contributed by atoms with E-state index in [9.17, 15) is 5.11 Å². The summed E-state index contributed by atoms with van der Waals surface area (Å²) in [5, 5.41) is 10.1. The van der Waals surface area contributed by atoms with Crippen LogP contribution < -0.4 is 0 Å². The van der Waals surface area contributed by atoms with Crippen molar-refractivity contribution in [3.63, 3.8) is 0 Å². The third-order valence-corrected chi connectivity index (χ3v) is 3.35. The van der Waals surface area contributed by atoms with Crippen LogP contribution in [-0.2, 0) is 0 Å². The number of allylic oxidation sites excluding steroid dienone is 1. The van der Waals surface area contributed by atoms with E-state index in [0.717, 1.165) is 27.8 Å². The van der Waals surface area contributed by atoms with Gasteiger partial charge in [-0.05, 0) is 35.6 Å². The first kappa shape index (κ1) is 13.4. The van der Waals surface area contributed by atoms with Gasteiger partial charge in [0.15, 0.2) is 0 Å². The summed E-state index contributed by atoms with van der Waals surface area (Å²) in [6, 6.07) is 14.0. The molecule has 0 saturated heterocycles. The van der Waals surface area contributed by atoms with Crippen molar-refractivity contribution in [2.24, 2.45) is 0 Å². The van der Waals surface area contributed by atoms with Crippen LogP contribution in [0.3, 0.4) is 0 Å². The summed E-state index contributed by atoms with van der Waals surface area (Å²) in [7, 11) is 0. The van der Waals surface area contributed by atoms with Crippen molar-refractivity contribution in [2.75, 3.05) is 0 Å². The second-order valence-corrected chi connectivity index (χ2v) is 5.25.